The van der Waals surface area contributed by atoms with Crippen molar-refractivity contribution in [1.82, 2.24) is 0 Å². The molecule has 7 nitrogen and oxygen atoms in total. The minimum Gasteiger partial charge on any atom is -0.495 e. The van der Waals surface area contributed by atoms with Gasteiger partial charge in [-0.05, 0) is 48.7 Å². The smallest absolute Gasteiger partial charge is 0.261 e. The lowest BCUT2D eigenvalue weighted by Crippen LogP contribution is -2.37. The third kappa shape index (κ3) is 4.24. The molecule has 2 aromatic carbocycles. The predicted octanol–water partition coefficient (Wildman–Crippen LogP) is 3.08. The number of sulfonamides is 1. The molecule has 1 aliphatic heterocycles. The zero-order chi connectivity index (χ0) is 20.3. The van der Waals surface area contributed by atoms with Crippen molar-refractivity contribution in [2.75, 3.05) is 37.0 Å². The monoisotopic (exact) mass is 424 g/mol. The second-order valence-corrected chi connectivity index (χ2v) is 8.42. The van der Waals surface area contributed by atoms with Crippen LogP contribution in [-0.4, -0.2) is 41.7 Å². The predicted molar refractivity (Wildman–Crippen MR) is 108 cm³/mol. The van der Waals surface area contributed by atoms with Gasteiger partial charge in [0.1, 0.15) is 12.4 Å². The molecule has 28 heavy (non-hydrogen) atoms. The first-order chi connectivity index (χ1) is 13.4. The molecule has 1 heterocycles. The molecular weight excluding hydrogens is 404 g/mol. The minimum atomic E-state index is -3.85. The van der Waals surface area contributed by atoms with E-state index in [4.69, 9.17) is 21.1 Å². The molecule has 0 unspecified atom stereocenters. The fraction of sp³-hybridized carbons (Fsp3) is 0.316. The third-order valence-electron chi connectivity index (χ3n) is 4.46. The van der Waals surface area contributed by atoms with Crippen LogP contribution in [0.4, 0.5) is 11.4 Å². The van der Waals surface area contributed by atoms with E-state index in [1.807, 2.05) is 6.07 Å². The molecule has 3 rings (SSSR count). The molecule has 2 aromatic rings. The molecule has 0 saturated carbocycles. The van der Waals surface area contributed by atoms with Crippen LogP contribution < -0.4 is 14.4 Å². The van der Waals surface area contributed by atoms with Gasteiger partial charge in [0.25, 0.3) is 15.9 Å². The summed E-state index contributed by atoms with van der Waals surface area (Å²) in [5, 5.41) is 0.201. The molecule has 1 amide bonds. The normalized spacial score (nSPS) is 13.8. The summed E-state index contributed by atoms with van der Waals surface area (Å²) in [4.78, 5) is 14.0. The maximum absolute atomic E-state index is 12.7. The molecule has 0 fully saturated rings. The summed E-state index contributed by atoms with van der Waals surface area (Å²) in [5.41, 5.74) is 2.05. The number of rotatable bonds is 6. The van der Waals surface area contributed by atoms with Crippen molar-refractivity contribution in [2.45, 2.75) is 17.7 Å². The van der Waals surface area contributed by atoms with Crippen LogP contribution in [0.3, 0.4) is 0 Å². The third-order valence-corrected chi connectivity index (χ3v) is 6.13. The summed E-state index contributed by atoms with van der Waals surface area (Å²) < 4.78 is 38.0. The highest BCUT2D eigenvalue weighted by Crippen LogP contribution is 2.32. The standard InChI is InChI=1S/C19H21ClN2O5S/c1-26-12-19(23)22-9-3-4-13-5-6-14(10-17(13)22)21-28(24,25)15-7-8-18(27-2)16(20)11-15/h5-8,10-11,21H,3-4,9,12H2,1-2H3. The van der Waals surface area contributed by atoms with E-state index in [-0.39, 0.29) is 22.4 Å². The van der Waals surface area contributed by atoms with Crippen LogP contribution in [0, 0.1) is 0 Å². The molecule has 0 spiro atoms. The number of nitrogens with zero attached hydrogens (tertiary/aromatic N) is 1. The minimum absolute atomic E-state index is 0.0170. The van der Waals surface area contributed by atoms with E-state index in [0.29, 0.717) is 23.7 Å². The molecule has 0 bridgehead atoms. The number of benzene rings is 2. The molecule has 0 atom stereocenters. The van der Waals surface area contributed by atoms with Crippen LogP contribution >= 0.6 is 11.6 Å². The number of fused-ring (bicyclic) bond motifs is 1. The van der Waals surface area contributed by atoms with Crippen molar-refractivity contribution in [1.29, 1.82) is 0 Å². The maximum atomic E-state index is 12.7. The Hall–Kier alpha value is -2.29. The number of hydrogen-bond donors (Lipinski definition) is 1. The fourth-order valence-corrected chi connectivity index (χ4v) is 4.52. The van der Waals surface area contributed by atoms with Gasteiger partial charge in [-0.15, -0.1) is 0 Å². The number of aryl methyl sites for hydroxylation is 1. The van der Waals surface area contributed by atoms with E-state index >= 15 is 0 Å². The van der Waals surface area contributed by atoms with Gasteiger partial charge in [0.05, 0.1) is 22.7 Å². The van der Waals surface area contributed by atoms with Crippen molar-refractivity contribution in [3.63, 3.8) is 0 Å². The summed E-state index contributed by atoms with van der Waals surface area (Å²) in [6, 6.07) is 9.43. The number of hydrogen-bond acceptors (Lipinski definition) is 5. The second kappa shape index (κ2) is 8.38. The Morgan fingerprint density at radius 1 is 1.21 bits per heavy atom. The van der Waals surface area contributed by atoms with Crippen molar-refractivity contribution in [3.8, 4) is 5.75 Å². The highest BCUT2D eigenvalue weighted by molar-refractivity contribution is 7.92. The Morgan fingerprint density at radius 3 is 2.68 bits per heavy atom. The number of nitrogens with one attached hydrogen (secondary N) is 1. The first-order valence-electron chi connectivity index (χ1n) is 8.64. The molecular formula is C19H21ClN2O5S. The van der Waals surface area contributed by atoms with Gasteiger partial charge in [-0.2, -0.15) is 0 Å². The van der Waals surface area contributed by atoms with Crippen LogP contribution in [0.15, 0.2) is 41.3 Å². The van der Waals surface area contributed by atoms with Gasteiger partial charge in [0, 0.05) is 19.3 Å². The van der Waals surface area contributed by atoms with E-state index in [1.54, 1.807) is 17.0 Å². The van der Waals surface area contributed by atoms with E-state index in [2.05, 4.69) is 4.72 Å². The number of halogens is 1. The molecule has 0 saturated heterocycles. The number of carbonyl (C=O) groups excluding carboxylic acids is 1. The molecule has 150 valence electrons. The molecule has 0 radical (unpaired) electrons. The topological polar surface area (TPSA) is 84.9 Å². The fourth-order valence-electron chi connectivity index (χ4n) is 3.13. The maximum Gasteiger partial charge on any atom is 0.261 e. The Labute approximate surface area is 169 Å². The number of methoxy groups -OCH3 is 2. The summed E-state index contributed by atoms with van der Waals surface area (Å²) >= 11 is 6.04. The van der Waals surface area contributed by atoms with E-state index in [9.17, 15) is 13.2 Å². The Morgan fingerprint density at radius 2 is 2.00 bits per heavy atom. The van der Waals surface area contributed by atoms with Crippen LogP contribution in [-0.2, 0) is 26.0 Å². The van der Waals surface area contributed by atoms with Crippen LogP contribution in [0.25, 0.3) is 0 Å². The first kappa shape index (κ1) is 20.4. The van der Waals surface area contributed by atoms with Crippen LogP contribution in [0.1, 0.15) is 12.0 Å². The molecule has 9 heteroatoms. The summed E-state index contributed by atoms with van der Waals surface area (Å²) in [7, 11) is -0.932. The van der Waals surface area contributed by atoms with Gasteiger partial charge >= 0.3 is 0 Å². The van der Waals surface area contributed by atoms with Gasteiger partial charge in [-0.1, -0.05) is 17.7 Å². The number of anilines is 2. The molecule has 0 aromatic heterocycles. The van der Waals surface area contributed by atoms with E-state index < -0.39 is 10.0 Å². The average molecular weight is 425 g/mol. The first-order valence-corrected chi connectivity index (χ1v) is 10.5. The van der Waals surface area contributed by atoms with Gasteiger partial charge in [-0.25, -0.2) is 8.42 Å². The quantitative estimate of drug-likeness (QED) is 0.770. The van der Waals surface area contributed by atoms with Crippen LogP contribution in [0.2, 0.25) is 5.02 Å². The molecule has 0 aliphatic carbocycles. The highest BCUT2D eigenvalue weighted by Gasteiger charge is 2.24. The summed E-state index contributed by atoms with van der Waals surface area (Å²) in [6.45, 7) is 0.541. The van der Waals surface area contributed by atoms with Gasteiger partial charge in [0.15, 0.2) is 0 Å². The summed E-state index contributed by atoms with van der Waals surface area (Å²) in [5.74, 6) is 0.229. The van der Waals surface area contributed by atoms with Crippen LogP contribution in [0.5, 0.6) is 5.75 Å². The Kier molecular flexibility index (Phi) is 6.12. The zero-order valence-corrected chi connectivity index (χ0v) is 17.1. The lowest BCUT2D eigenvalue weighted by molar-refractivity contribution is -0.122. The largest absolute Gasteiger partial charge is 0.495 e. The highest BCUT2D eigenvalue weighted by atomic mass is 35.5. The zero-order valence-electron chi connectivity index (χ0n) is 15.6. The van der Waals surface area contributed by atoms with Crippen molar-refractivity contribution < 1.29 is 22.7 Å². The SMILES string of the molecule is COCC(=O)N1CCCc2ccc(NS(=O)(=O)c3ccc(OC)c(Cl)c3)cc21. The van der Waals surface area contributed by atoms with Crippen molar-refractivity contribution in [3.05, 3.63) is 47.0 Å². The number of amides is 1. The van der Waals surface area contributed by atoms with E-state index in [0.717, 1.165) is 18.4 Å². The van der Waals surface area contributed by atoms with Crippen molar-refractivity contribution >= 4 is 38.9 Å². The second-order valence-electron chi connectivity index (χ2n) is 6.33. The Bertz CT molecular complexity index is 994. The van der Waals surface area contributed by atoms with Gasteiger partial charge in [0.2, 0.25) is 0 Å². The Balaban J connectivity index is 1.89. The van der Waals surface area contributed by atoms with Crippen molar-refractivity contribution in [2.24, 2.45) is 0 Å². The average Bonchev–Trinajstić information content (AvgIpc) is 2.67. The number of ether oxygens (including phenoxy) is 2. The van der Waals surface area contributed by atoms with E-state index in [1.165, 1.54) is 32.4 Å². The lowest BCUT2D eigenvalue weighted by atomic mass is 10.0. The molecule has 1 N–H and O–H groups in total. The van der Waals surface area contributed by atoms with Gasteiger partial charge < -0.3 is 14.4 Å². The lowest BCUT2D eigenvalue weighted by Gasteiger charge is -2.30. The van der Waals surface area contributed by atoms with Gasteiger partial charge in [-0.3, -0.25) is 9.52 Å². The summed E-state index contributed by atoms with van der Waals surface area (Å²) in [6.07, 6.45) is 1.67. The molecule has 1 aliphatic rings. The number of carbonyl (C=O) groups is 1.